The molecule has 0 aliphatic carbocycles. The van der Waals surface area contributed by atoms with Gasteiger partial charge in [-0.15, -0.1) is 0 Å². The minimum atomic E-state index is -0.425. The van der Waals surface area contributed by atoms with E-state index in [1.807, 2.05) is 24.4 Å². The third-order valence-corrected chi connectivity index (χ3v) is 5.02. The molecule has 3 aromatic carbocycles. The van der Waals surface area contributed by atoms with Gasteiger partial charge in [-0.05, 0) is 60.9 Å². The number of carbonyl (C=O) groups is 2. The molecule has 0 unspecified atom stereocenters. The molecule has 1 heterocycles. The minimum absolute atomic E-state index is 0.109. The lowest BCUT2D eigenvalue weighted by Gasteiger charge is -2.09. The van der Waals surface area contributed by atoms with E-state index in [4.69, 9.17) is 0 Å². The summed E-state index contributed by atoms with van der Waals surface area (Å²) in [6, 6.07) is 20.5. The lowest BCUT2D eigenvalue weighted by atomic mass is 10.1. The standard InChI is InChI=1S/C25H22FN3O2/c26-19-8-5-10-21(15-19)29-25(31)17-6-3-9-20(14-17)28-24(30)13-4-7-18-16-27-23-12-2-1-11-22(18)23/h1-3,5-6,8-12,14-16,27H,4,7,13H2,(H,28,30)(H,29,31). The molecule has 0 atom stereocenters. The number of halogens is 1. The minimum Gasteiger partial charge on any atom is -0.361 e. The summed E-state index contributed by atoms with van der Waals surface area (Å²) in [6.07, 6.45) is 3.88. The highest BCUT2D eigenvalue weighted by Crippen LogP contribution is 2.20. The molecule has 2 amide bonds. The molecule has 156 valence electrons. The second-order valence-electron chi connectivity index (χ2n) is 7.31. The SMILES string of the molecule is O=C(CCCc1c[nH]c2ccccc12)Nc1cccc(C(=O)Nc2cccc(F)c2)c1. The van der Waals surface area contributed by atoms with Crippen LogP contribution in [0.5, 0.6) is 0 Å². The van der Waals surface area contributed by atoms with Gasteiger partial charge in [-0.25, -0.2) is 4.39 Å². The van der Waals surface area contributed by atoms with Crippen LogP contribution in [0.4, 0.5) is 15.8 Å². The van der Waals surface area contributed by atoms with Crippen molar-refractivity contribution in [3.63, 3.8) is 0 Å². The number of hydrogen-bond acceptors (Lipinski definition) is 2. The number of aromatic nitrogens is 1. The first kappa shape index (κ1) is 20.3. The lowest BCUT2D eigenvalue weighted by molar-refractivity contribution is -0.116. The van der Waals surface area contributed by atoms with Crippen LogP contribution in [0, 0.1) is 5.82 Å². The van der Waals surface area contributed by atoms with Crippen molar-refractivity contribution >= 4 is 34.1 Å². The molecule has 0 aliphatic heterocycles. The average molecular weight is 415 g/mol. The second-order valence-corrected chi connectivity index (χ2v) is 7.31. The average Bonchev–Trinajstić information content (AvgIpc) is 3.17. The van der Waals surface area contributed by atoms with Crippen LogP contribution in [0.1, 0.15) is 28.8 Å². The van der Waals surface area contributed by atoms with Gasteiger partial charge in [-0.1, -0.05) is 30.3 Å². The van der Waals surface area contributed by atoms with Gasteiger partial charge in [0.25, 0.3) is 5.91 Å². The Balaban J connectivity index is 1.31. The summed E-state index contributed by atoms with van der Waals surface area (Å²) in [7, 11) is 0. The predicted octanol–water partition coefficient (Wildman–Crippen LogP) is 5.52. The fourth-order valence-corrected chi connectivity index (χ4v) is 3.51. The fraction of sp³-hybridized carbons (Fsp3) is 0.120. The van der Waals surface area contributed by atoms with E-state index in [2.05, 4.69) is 21.7 Å². The number of aromatic amines is 1. The second kappa shape index (κ2) is 9.26. The summed E-state index contributed by atoms with van der Waals surface area (Å²) in [5.74, 6) is -0.907. The fourth-order valence-electron chi connectivity index (χ4n) is 3.51. The van der Waals surface area contributed by atoms with E-state index in [0.29, 0.717) is 29.8 Å². The molecule has 6 heteroatoms. The Bertz CT molecular complexity index is 1230. The molecule has 4 aromatic rings. The number of para-hydroxylation sites is 1. The van der Waals surface area contributed by atoms with Crippen LogP contribution < -0.4 is 10.6 Å². The Hall–Kier alpha value is -3.93. The third-order valence-electron chi connectivity index (χ3n) is 5.02. The Morgan fingerprint density at radius 3 is 2.48 bits per heavy atom. The Morgan fingerprint density at radius 2 is 1.65 bits per heavy atom. The number of fused-ring (bicyclic) bond motifs is 1. The summed E-state index contributed by atoms with van der Waals surface area (Å²) >= 11 is 0. The van der Waals surface area contributed by atoms with Gasteiger partial charge < -0.3 is 15.6 Å². The number of nitrogens with one attached hydrogen (secondary N) is 3. The van der Waals surface area contributed by atoms with E-state index >= 15 is 0 Å². The normalized spacial score (nSPS) is 10.7. The first-order valence-corrected chi connectivity index (χ1v) is 10.1. The summed E-state index contributed by atoms with van der Waals surface area (Å²) in [5, 5.41) is 6.67. The van der Waals surface area contributed by atoms with Crippen LogP contribution >= 0.6 is 0 Å². The highest BCUT2D eigenvalue weighted by Gasteiger charge is 2.10. The van der Waals surface area contributed by atoms with Crippen LogP contribution in [0.25, 0.3) is 10.9 Å². The first-order valence-electron chi connectivity index (χ1n) is 10.1. The van der Waals surface area contributed by atoms with E-state index in [-0.39, 0.29) is 11.8 Å². The Kier molecular flexibility index (Phi) is 6.08. The zero-order valence-corrected chi connectivity index (χ0v) is 16.8. The molecule has 0 spiro atoms. The quantitative estimate of drug-likeness (QED) is 0.372. The van der Waals surface area contributed by atoms with Crippen LogP contribution in [-0.2, 0) is 11.2 Å². The van der Waals surface area contributed by atoms with E-state index in [0.717, 1.165) is 11.9 Å². The van der Waals surface area contributed by atoms with E-state index in [9.17, 15) is 14.0 Å². The van der Waals surface area contributed by atoms with Gasteiger partial charge >= 0.3 is 0 Å². The van der Waals surface area contributed by atoms with Crippen molar-refractivity contribution in [2.24, 2.45) is 0 Å². The molecule has 3 N–H and O–H groups in total. The molecule has 0 fully saturated rings. The molecule has 4 rings (SSSR count). The number of benzene rings is 3. The van der Waals surface area contributed by atoms with E-state index in [1.54, 1.807) is 30.3 Å². The summed E-state index contributed by atoms with van der Waals surface area (Å²) < 4.78 is 13.3. The largest absolute Gasteiger partial charge is 0.361 e. The molecule has 0 aliphatic rings. The van der Waals surface area contributed by atoms with Crippen LogP contribution in [0.2, 0.25) is 0 Å². The van der Waals surface area contributed by atoms with Crippen molar-refractivity contribution in [1.29, 1.82) is 0 Å². The zero-order chi connectivity index (χ0) is 21.6. The highest BCUT2D eigenvalue weighted by molar-refractivity contribution is 6.05. The maximum absolute atomic E-state index is 13.3. The van der Waals surface area contributed by atoms with Crippen LogP contribution in [-0.4, -0.2) is 16.8 Å². The molecular formula is C25H22FN3O2. The van der Waals surface area contributed by atoms with Gasteiger partial charge in [-0.3, -0.25) is 9.59 Å². The van der Waals surface area contributed by atoms with E-state index in [1.165, 1.54) is 29.1 Å². The molecule has 0 bridgehead atoms. The number of hydrogen-bond donors (Lipinski definition) is 3. The molecule has 1 aromatic heterocycles. The molecule has 0 saturated carbocycles. The predicted molar refractivity (Wildman–Crippen MR) is 121 cm³/mol. The van der Waals surface area contributed by atoms with Crippen molar-refractivity contribution in [2.75, 3.05) is 10.6 Å². The van der Waals surface area contributed by atoms with Crippen LogP contribution in [0.15, 0.2) is 79.0 Å². The van der Waals surface area contributed by atoms with E-state index < -0.39 is 5.82 Å². The number of rotatable bonds is 7. The first-order chi connectivity index (χ1) is 15.1. The lowest BCUT2D eigenvalue weighted by Crippen LogP contribution is -2.14. The maximum atomic E-state index is 13.3. The van der Waals surface area contributed by atoms with Gasteiger partial charge in [0.1, 0.15) is 5.82 Å². The third kappa shape index (κ3) is 5.17. The molecule has 0 radical (unpaired) electrons. The molecular weight excluding hydrogens is 393 g/mol. The number of amides is 2. The van der Waals surface area contributed by atoms with Gasteiger partial charge in [0.2, 0.25) is 5.91 Å². The molecule has 31 heavy (non-hydrogen) atoms. The monoisotopic (exact) mass is 415 g/mol. The van der Waals surface area contributed by atoms with Crippen molar-refractivity contribution in [3.8, 4) is 0 Å². The highest BCUT2D eigenvalue weighted by atomic mass is 19.1. The number of aryl methyl sites for hydroxylation is 1. The van der Waals surface area contributed by atoms with Crippen LogP contribution in [0.3, 0.4) is 0 Å². The number of H-pyrrole nitrogens is 1. The molecule has 0 saturated heterocycles. The Morgan fingerprint density at radius 1 is 0.871 bits per heavy atom. The topological polar surface area (TPSA) is 74.0 Å². The number of anilines is 2. The Labute approximate surface area is 179 Å². The van der Waals surface area contributed by atoms with Crippen molar-refractivity contribution < 1.29 is 14.0 Å². The number of carbonyl (C=O) groups excluding carboxylic acids is 2. The zero-order valence-electron chi connectivity index (χ0n) is 16.8. The summed E-state index contributed by atoms with van der Waals surface area (Å²) in [6.45, 7) is 0. The van der Waals surface area contributed by atoms with Gasteiger partial charge in [0, 0.05) is 40.5 Å². The summed E-state index contributed by atoms with van der Waals surface area (Å²) in [4.78, 5) is 28.0. The molecule has 5 nitrogen and oxygen atoms in total. The summed E-state index contributed by atoms with van der Waals surface area (Å²) in [5.41, 5.74) is 3.58. The van der Waals surface area contributed by atoms with Gasteiger partial charge in [0.05, 0.1) is 0 Å². The van der Waals surface area contributed by atoms with Crippen molar-refractivity contribution in [3.05, 3.63) is 95.9 Å². The maximum Gasteiger partial charge on any atom is 0.255 e. The van der Waals surface area contributed by atoms with Crippen molar-refractivity contribution in [1.82, 2.24) is 4.98 Å². The van der Waals surface area contributed by atoms with Gasteiger partial charge in [0.15, 0.2) is 0 Å². The smallest absolute Gasteiger partial charge is 0.255 e. The van der Waals surface area contributed by atoms with Gasteiger partial charge in [-0.2, -0.15) is 0 Å². The van der Waals surface area contributed by atoms with Crippen molar-refractivity contribution in [2.45, 2.75) is 19.3 Å².